The van der Waals surface area contributed by atoms with Crippen LogP contribution in [0.3, 0.4) is 0 Å². The maximum absolute atomic E-state index is 13.1. The third kappa shape index (κ3) is 4.91. The van der Waals surface area contributed by atoms with Crippen LogP contribution in [-0.2, 0) is 22.9 Å². The summed E-state index contributed by atoms with van der Waals surface area (Å²) in [6.07, 6.45) is 2.52. The molecule has 1 aliphatic rings. The van der Waals surface area contributed by atoms with Crippen LogP contribution in [0.5, 0.6) is 0 Å². The maximum Gasteiger partial charge on any atom is 0.261 e. The fraction of sp³-hybridized carbons (Fsp3) is 0.217. The Morgan fingerprint density at radius 1 is 1.15 bits per heavy atom. The molecule has 4 rings (SSSR count). The number of thiophene rings is 1. The quantitative estimate of drug-likeness (QED) is 0.484. The summed E-state index contributed by atoms with van der Waals surface area (Å²) in [6.45, 7) is 2.14. The van der Waals surface area contributed by atoms with Crippen molar-refractivity contribution < 1.29 is 22.4 Å². The van der Waals surface area contributed by atoms with Crippen molar-refractivity contribution in [3.05, 3.63) is 75.9 Å². The van der Waals surface area contributed by atoms with Crippen LogP contribution in [0.15, 0.2) is 53.4 Å². The SMILES string of the molecule is CC1CCc2c(sc(NC(=O)c3cccc(NS(=O)(=O)c4ccc(F)cc4)c3)c2C(N)=O)C1. The molecule has 0 fully saturated rings. The Kier molecular flexibility index (Phi) is 6.22. The predicted octanol–water partition coefficient (Wildman–Crippen LogP) is 4.16. The summed E-state index contributed by atoms with van der Waals surface area (Å²) >= 11 is 1.35. The Morgan fingerprint density at radius 3 is 2.58 bits per heavy atom. The highest BCUT2D eigenvalue weighted by Gasteiger charge is 2.27. The number of carbonyl (C=O) groups is 2. The Labute approximate surface area is 194 Å². The average Bonchev–Trinajstić information content (AvgIpc) is 3.11. The lowest BCUT2D eigenvalue weighted by Crippen LogP contribution is -2.19. The zero-order valence-electron chi connectivity index (χ0n) is 17.7. The number of sulfonamides is 1. The Balaban J connectivity index is 1.57. The second kappa shape index (κ2) is 8.95. The molecule has 4 N–H and O–H groups in total. The van der Waals surface area contributed by atoms with E-state index in [0.29, 0.717) is 16.5 Å². The highest BCUT2D eigenvalue weighted by Crippen LogP contribution is 2.39. The van der Waals surface area contributed by atoms with E-state index in [4.69, 9.17) is 5.73 Å². The molecule has 1 aromatic heterocycles. The van der Waals surface area contributed by atoms with E-state index in [1.54, 1.807) is 0 Å². The molecule has 0 saturated heterocycles. The van der Waals surface area contributed by atoms with Gasteiger partial charge in [-0.1, -0.05) is 13.0 Å². The lowest BCUT2D eigenvalue weighted by Gasteiger charge is -2.18. The van der Waals surface area contributed by atoms with Crippen LogP contribution in [0.4, 0.5) is 15.1 Å². The van der Waals surface area contributed by atoms with Gasteiger partial charge in [-0.25, -0.2) is 12.8 Å². The summed E-state index contributed by atoms with van der Waals surface area (Å²) in [5.41, 5.74) is 7.23. The second-order valence-corrected chi connectivity index (χ2v) is 10.8. The van der Waals surface area contributed by atoms with Crippen LogP contribution in [0.1, 0.15) is 44.5 Å². The number of hydrogen-bond acceptors (Lipinski definition) is 5. The van der Waals surface area contributed by atoms with Gasteiger partial charge in [-0.3, -0.25) is 14.3 Å². The first-order valence-corrected chi connectivity index (χ1v) is 12.6. The summed E-state index contributed by atoms with van der Waals surface area (Å²) in [7, 11) is -3.96. The van der Waals surface area contributed by atoms with E-state index in [-0.39, 0.29) is 16.1 Å². The van der Waals surface area contributed by atoms with E-state index in [1.807, 2.05) is 0 Å². The maximum atomic E-state index is 13.1. The van der Waals surface area contributed by atoms with E-state index in [1.165, 1.54) is 35.6 Å². The van der Waals surface area contributed by atoms with E-state index < -0.39 is 27.7 Å². The number of nitrogens with one attached hydrogen (secondary N) is 2. The van der Waals surface area contributed by atoms with Gasteiger partial charge in [0.1, 0.15) is 10.8 Å². The van der Waals surface area contributed by atoms with Crippen molar-refractivity contribution in [2.24, 2.45) is 11.7 Å². The summed E-state index contributed by atoms with van der Waals surface area (Å²) in [4.78, 5) is 26.0. The fourth-order valence-corrected chi connectivity index (χ4v) is 6.29. The molecule has 1 aliphatic carbocycles. The monoisotopic (exact) mass is 487 g/mol. The van der Waals surface area contributed by atoms with Gasteiger partial charge < -0.3 is 11.1 Å². The first-order chi connectivity index (χ1) is 15.6. The van der Waals surface area contributed by atoms with E-state index in [9.17, 15) is 22.4 Å². The minimum Gasteiger partial charge on any atom is -0.365 e. The number of primary amides is 1. The molecule has 1 unspecified atom stereocenters. The molecule has 1 atom stereocenters. The first kappa shape index (κ1) is 22.9. The standard InChI is InChI=1S/C23H22FN3O4S2/c1-13-5-10-18-19(11-13)32-23(20(18)21(25)28)26-22(29)14-3-2-4-16(12-14)27-33(30,31)17-8-6-15(24)7-9-17/h2-4,6-9,12-13,27H,5,10-11H2,1H3,(H2,25,28)(H,26,29). The van der Waals surface area contributed by atoms with Gasteiger partial charge in [-0.15, -0.1) is 11.3 Å². The minimum atomic E-state index is -3.96. The summed E-state index contributed by atoms with van der Waals surface area (Å²) in [5, 5.41) is 3.17. The van der Waals surface area contributed by atoms with Gasteiger partial charge in [0.2, 0.25) is 0 Å². The molecule has 1 heterocycles. The average molecular weight is 488 g/mol. The molecule has 0 aliphatic heterocycles. The minimum absolute atomic E-state index is 0.108. The normalized spacial score (nSPS) is 15.5. The molecule has 0 bridgehead atoms. The summed E-state index contributed by atoms with van der Waals surface area (Å²) in [5.74, 6) is -1.14. The van der Waals surface area contributed by atoms with Gasteiger partial charge in [-0.05, 0) is 73.2 Å². The number of rotatable bonds is 6. The molecular weight excluding hydrogens is 465 g/mol. The summed E-state index contributed by atoms with van der Waals surface area (Å²) < 4.78 is 40.6. The van der Waals surface area contributed by atoms with Crippen molar-refractivity contribution in [1.82, 2.24) is 0 Å². The Morgan fingerprint density at radius 2 is 1.88 bits per heavy atom. The van der Waals surface area contributed by atoms with Gasteiger partial charge in [0.15, 0.2) is 0 Å². The Bertz CT molecular complexity index is 1330. The van der Waals surface area contributed by atoms with Crippen LogP contribution in [0.25, 0.3) is 0 Å². The van der Waals surface area contributed by atoms with Crippen LogP contribution in [-0.4, -0.2) is 20.2 Å². The molecule has 7 nitrogen and oxygen atoms in total. The highest BCUT2D eigenvalue weighted by molar-refractivity contribution is 7.92. The number of amides is 2. The molecule has 0 radical (unpaired) electrons. The number of fused-ring (bicyclic) bond motifs is 1. The second-order valence-electron chi connectivity index (χ2n) is 8.01. The van der Waals surface area contributed by atoms with Crippen LogP contribution in [0.2, 0.25) is 0 Å². The van der Waals surface area contributed by atoms with Crippen LogP contribution in [0, 0.1) is 11.7 Å². The van der Waals surface area contributed by atoms with Crippen molar-refractivity contribution in [1.29, 1.82) is 0 Å². The predicted molar refractivity (Wildman–Crippen MR) is 126 cm³/mol. The van der Waals surface area contributed by atoms with Crippen molar-refractivity contribution in [2.75, 3.05) is 10.0 Å². The molecule has 10 heteroatoms. The molecule has 0 spiro atoms. The van der Waals surface area contributed by atoms with Crippen molar-refractivity contribution >= 4 is 43.9 Å². The lowest BCUT2D eigenvalue weighted by atomic mass is 9.88. The highest BCUT2D eigenvalue weighted by atomic mass is 32.2. The largest absolute Gasteiger partial charge is 0.365 e. The van der Waals surface area contributed by atoms with E-state index >= 15 is 0 Å². The smallest absolute Gasteiger partial charge is 0.261 e. The van der Waals surface area contributed by atoms with Crippen molar-refractivity contribution in [3.63, 3.8) is 0 Å². The van der Waals surface area contributed by atoms with Crippen LogP contribution < -0.4 is 15.8 Å². The van der Waals surface area contributed by atoms with Gasteiger partial charge in [0, 0.05) is 16.1 Å². The number of carbonyl (C=O) groups excluding carboxylic acids is 2. The molecule has 2 amide bonds. The third-order valence-corrected chi connectivity index (χ3v) is 8.05. The first-order valence-electron chi connectivity index (χ1n) is 10.3. The van der Waals surface area contributed by atoms with Gasteiger partial charge in [0.05, 0.1) is 10.5 Å². The van der Waals surface area contributed by atoms with Crippen LogP contribution >= 0.6 is 11.3 Å². The lowest BCUT2D eigenvalue weighted by molar-refractivity contribution is 0.1000. The Hall–Kier alpha value is -3.24. The van der Waals surface area contributed by atoms with Gasteiger partial charge >= 0.3 is 0 Å². The molecule has 172 valence electrons. The molecule has 3 aromatic rings. The van der Waals surface area contributed by atoms with Crippen molar-refractivity contribution in [3.8, 4) is 0 Å². The fourth-order valence-electron chi connectivity index (χ4n) is 3.83. The number of anilines is 2. The molecule has 2 aromatic carbocycles. The van der Waals surface area contributed by atoms with E-state index in [0.717, 1.165) is 54.0 Å². The van der Waals surface area contributed by atoms with Crippen molar-refractivity contribution in [2.45, 2.75) is 31.1 Å². The summed E-state index contributed by atoms with van der Waals surface area (Å²) in [6, 6.07) is 10.4. The van der Waals surface area contributed by atoms with Gasteiger partial charge in [0.25, 0.3) is 21.8 Å². The third-order valence-electron chi connectivity index (χ3n) is 5.49. The number of hydrogen-bond donors (Lipinski definition) is 3. The van der Waals surface area contributed by atoms with Gasteiger partial charge in [-0.2, -0.15) is 0 Å². The molecular formula is C23H22FN3O4S2. The zero-order valence-corrected chi connectivity index (χ0v) is 19.4. The topological polar surface area (TPSA) is 118 Å². The molecule has 0 saturated carbocycles. The number of nitrogens with two attached hydrogens (primary N) is 1. The number of benzene rings is 2. The van der Waals surface area contributed by atoms with E-state index in [2.05, 4.69) is 17.0 Å². The number of halogens is 1. The molecule has 33 heavy (non-hydrogen) atoms. The zero-order chi connectivity index (χ0) is 23.8.